The molecule has 0 N–H and O–H groups in total. The van der Waals surface area contributed by atoms with Crippen molar-refractivity contribution in [2.45, 2.75) is 0 Å². The SMILES string of the molecule is C(=C(c1ccccc1)c1ccccc1)c1ccc(N(C=C(c2ccccc2)c2ccccc2)c2ccc(C=C(c3ccccc3)c3ccccc3)c3ccccc23)cc1. The first-order valence-electron chi connectivity index (χ1n) is 20.2. The smallest absolute Gasteiger partial charge is 0.0534 e. The van der Waals surface area contributed by atoms with E-state index in [4.69, 9.17) is 0 Å². The van der Waals surface area contributed by atoms with Gasteiger partial charge in [0.25, 0.3) is 0 Å². The molecule has 0 radical (unpaired) electrons. The molecule has 0 bridgehead atoms. The topological polar surface area (TPSA) is 3.24 Å². The maximum absolute atomic E-state index is 2.36. The molecule has 0 saturated heterocycles. The third-order valence-corrected chi connectivity index (χ3v) is 10.7. The molecule has 0 heterocycles. The second-order valence-electron chi connectivity index (χ2n) is 14.5. The Kier molecular flexibility index (Phi) is 11.0. The van der Waals surface area contributed by atoms with Crippen molar-refractivity contribution in [3.05, 3.63) is 293 Å². The van der Waals surface area contributed by atoms with Crippen LogP contribution >= 0.6 is 0 Å². The highest BCUT2D eigenvalue weighted by atomic mass is 15.1. The molecular formula is C58H43N. The van der Waals surface area contributed by atoms with Gasteiger partial charge in [-0.2, -0.15) is 0 Å². The van der Waals surface area contributed by atoms with Crippen LogP contribution in [-0.2, 0) is 0 Å². The minimum atomic E-state index is 1.06. The van der Waals surface area contributed by atoms with Gasteiger partial charge in [-0.15, -0.1) is 0 Å². The van der Waals surface area contributed by atoms with E-state index in [9.17, 15) is 0 Å². The standard InChI is InChI=1S/C58H43N/c1-7-21-45(22-8-1)55(46-23-9-2-10-24-46)41-44-35-38-52(39-36-44)59(43-57(49-29-15-5-16-30-49)50-31-17-6-18-32-50)58-40-37-51(53-33-19-20-34-54(53)58)42-56(47-25-11-3-12-26-47)48-27-13-4-14-28-48/h1-43H. The molecule has 0 atom stereocenters. The van der Waals surface area contributed by atoms with Gasteiger partial charge in [-0.1, -0.05) is 224 Å². The molecule has 0 aliphatic rings. The molecule has 0 aliphatic heterocycles. The van der Waals surface area contributed by atoms with Crippen molar-refractivity contribution in [2.75, 3.05) is 4.90 Å². The van der Waals surface area contributed by atoms with Crippen LogP contribution in [-0.4, -0.2) is 0 Å². The molecule has 0 aliphatic carbocycles. The van der Waals surface area contributed by atoms with Crippen molar-refractivity contribution in [3.8, 4) is 0 Å². The second kappa shape index (κ2) is 17.6. The van der Waals surface area contributed by atoms with E-state index < -0.39 is 0 Å². The first-order chi connectivity index (χ1) is 29.3. The number of benzene rings is 9. The Morgan fingerprint density at radius 2 is 0.644 bits per heavy atom. The molecule has 0 unspecified atom stereocenters. The molecule has 1 nitrogen and oxygen atoms in total. The number of fused-ring (bicyclic) bond motifs is 1. The van der Waals surface area contributed by atoms with Crippen LogP contribution in [0.4, 0.5) is 11.4 Å². The Morgan fingerprint density at radius 3 is 1.07 bits per heavy atom. The van der Waals surface area contributed by atoms with Crippen LogP contribution in [0.1, 0.15) is 44.5 Å². The maximum atomic E-state index is 2.36. The highest BCUT2D eigenvalue weighted by Gasteiger charge is 2.17. The molecule has 0 aromatic heterocycles. The minimum Gasteiger partial charge on any atom is -0.316 e. The van der Waals surface area contributed by atoms with Gasteiger partial charge in [-0.25, -0.2) is 0 Å². The number of hydrogen-bond acceptors (Lipinski definition) is 1. The summed E-state index contributed by atoms with van der Waals surface area (Å²) >= 11 is 0. The third kappa shape index (κ3) is 8.37. The fourth-order valence-electron chi connectivity index (χ4n) is 7.80. The Balaban J connectivity index is 1.22. The van der Waals surface area contributed by atoms with Crippen LogP contribution in [0.5, 0.6) is 0 Å². The van der Waals surface area contributed by atoms with Gasteiger partial charge < -0.3 is 4.90 Å². The lowest BCUT2D eigenvalue weighted by molar-refractivity contribution is 1.29. The van der Waals surface area contributed by atoms with Crippen molar-refractivity contribution in [2.24, 2.45) is 0 Å². The summed E-state index contributed by atoms with van der Waals surface area (Å²) in [5.41, 5.74) is 15.0. The number of rotatable bonds is 11. The molecule has 9 rings (SSSR count). The van der Waals surface area contributed by atoms with Crippen LogP contribution < -0.4 is 4.90 Å². The van der Waals surface area contributed by atoms with Crippen molar-refractivity contribution in [1.82, 2.24) is 0 Å². The Bertz CT molecular complexity index is 2740. The van der Waals surface area contributed by atoms with Crippen molar-refractivity contribution < 1.29 is 0 Å². The molecule has 59 heavy (non-hydrogen) atoms. The summed E-state index contributed by atoms with van der Waals surface area (Å²) in [6.07, 6.45) is 6.95. The van der Waals surface area contributed by atoms with Crippen LogP contribution in [0.15, 0.2) is 249 Å². The number of nitrogens with zero attached hydrogens (tertiary/aromatic N) is 1. The molecule has 0 spiro atoms. The van der Waals surface area contributed by atoms with Crippen molar-refractivity contribution in [3.63, 3.8) is 0 Å². The summed E-state index contributed by atoms with van der Waals surface area (Å²) in [5.74, 6) is 0. The van der Waals surface area contributed by atoms with E-state index in [1.165, 1.54) is 38.8 Å². The van der Waals surface area contributed by atoms with Gasteiger partial charge in [0, 0.05) is 22.8 Å². The average molecular weight is 754 g/mol. The lowest BCUT2D eigenvalue weighted by Gasteiger charge is -2.26. The number of hydrogen-bond donors (Lipinski definition) is 0. The fourth-order valence-corrected chi connectivity index (χ4v) is 7.80. The van der Waals surface area contributed by atoms with Crippen LogP contribution in [0, 0.1) is 0 Å². The lowest BCUT2D eigenvalue weighted by atomic mass is 9.93. The number of anilines is 2. The summed E-state index contributed by atoms with van der Waals surface area (Å²) in [7, 11) is 0. The van der Waals surface area contributed by atoms with Crippen molar-refractivity contribution >= 4 is 51.0 Å². The van der Waals surface area contributed by atoms with Crippen LogP contribution in [0.25, 0.3) is 39.6 Å². The van der Waals surface area contributed by atoms with Crippen LogP contribution in [0.3, 0.4) is 0 Å². The maximum Gasteiger partial charge on any atom is 0.0534 e. The van der Waals surface area contributed by atoms with Gasteiger partial charge in [0.1, 0.15) is 0 Å². The third-order valence-electron chi connectivity index (χ3n) is 10.7. The van der Waals surface area contributed by atoms with Gasteiger partial charge in [0.15, 0.2) is 0 Å². The summed E-state index contributed by atoms with van der Waals surface area (Å²) in [6.45, 7) is 0. The zero-order valence-corrected chi connectivity index (χ0v) is 32.8. The monoisotopic (exact) mass is 753 g/mol. The molecular weight excluding hydrogens is 711 g/mol. The Hall–Kier alpha value is -7.74. The van der Waals surface area contributed by atoms with E-state index in [0.29, 0.717) is 0 Å². The zero-order valence-electron chi connectivity index (χ0n) is 32.8. The molecule has 0 fully saturated rings. The highest BCUT2D eigenvalue weighted by Crippen LogP contribution is 2.39. The van der Waals surface area contributed by atoms with Crippen molar-refractivity contribution in [1.29, 1.82) is 0 Å². The molecule has 9 aromatic rings. The largest absolute Gasteiger partial charge is 0.316 e. The van der Waals surface area contributed by atoms with E-state index in [1.807, 2.05) is 0 Å². The van der Waals surface area contributed by atoms with E-state index in [0.717, 1.165) is 44.6 Å². The predicted octanol–water partition coefficient (Wildman–Crippen LogP) is 15.2. The Morgan fingerprint density at radius 1 is 0.288 bits per heavy atom. The average Bonchev–Trinajstić information content (AvgIpc) is 3.32. The second-order valence-corrected chi connectivity index (χ2v) is 14.5. The summed E-state index contributed by atoms with van der Waals surface area (Å²) in [4.78, 5) is 2.36. The van der Waals surface area contributed by atoms with E-state index in [2.05, 4.69) is 266 Å². The van der Waals surface area contributed by atoms with E-state index >= 15 is 0 Å². The molecule has 280 valence electrons. The van der Waals surface area contributed by atoms with Crippen LogP contribution in [0.2, 0.25) is 0 Å². The summed E-state index contributed by atoms with van der Waals surface area (Å²) in [6, 6.07) is 86.3. The predicted molar refractivity (Wildman–Crippen MR) is 252 cm³/mol. The van der Waals surface area contributed by atoms with Gasteiger partial charge in [-0.05, 0) is 91.4 Å². The van der Waals surface area contributed by atoms with E-state index in [1.54, 1.807) is 0 Å². The summed E-state index contributed by atoms with van der Waals surface area (Å²) in [5, 5.41) is 2.35. The van der Waals surface area contributed by atoms with Gasteiger partial charge in [0.05, 0.1) is 5.69 Å². The molecule has 0 amide bonds. The molecule has 1 heteroatoms. The fraction of sp³-hybridized carbons (Fsp3) is 0. The van der Waals surface area contributed by atoms with Gasteiger partial charge in [-0.3, -0.25) is 0 Å². The minimum absolute atomic E-state index is 1.06. The van der Waals surface area contributed by atoms with Gasteiger partial charge >= 0.3 is 0 Å². The molecule has 9 aromatic carbocycles. The van der Waals surface area contributed by atoms with Gasteiger partial charge in [0.2, 0.25) is 0 Å². The summed E-state index contributed by atoms with van der Waals surface area (Å²) < 4.78 is 0. The quantitative estimate of drug-likeness (QED) is 0.119. The first-order valence-corrected chi connectivity index (χ1v) is 20.2. The highest BCUT2D eigenvalue weighted by molar-refractivity contribution is 6.05. The normalized spacial score (nSPS) is 10.7. The first kappa shape index (κ1) is 36.9. The Labute approximate surface area is 347 Å². The molecule has 0 saturated carbocycles. The lowest BCUT2D eigenvalue weighted by Crippen LogP contribution is -2.11. The van der Waals surface area contributed by atoms with E-state index in [-0.39, 0.29) is 0 Å². The zero-order chi connectivity index (χ0) is 39.6.